The van der Waals surface area contributed by atoms with Crippen molar-refractivity contribution >= 4 is 0 Å². The van der Waals surface area contributed by atoms with Gasteiger partial charge in [0.1, 0.15) is 0 Å². The molecule has 3 heteroatoms. The summed E-state index contributed by atoms with van der Waals surface area (Å²) in [6, 6.07) is 9.17. The fourth-order valence-electron chi connectivity index (χ4n) is 3.41. The monoisotopic (exact) mass is 275 g/mol. The third kappa shape index (κ3) is 3.22. The van der Waals surface area contributed by atoms with Crippen molar-refractivity contribution in [2.24, 2.45) is 0 Å². The molecule has 2 heterocycles. The van der Waals surface area contributed by atoms with Crippen molar-refractivity contribution in [3.63, 3.8) is 0 Å². The molecule has 2 aliphatic heterocycles. The lowest BCUT2D eigenvalue weighted by Gasteiger charge is -2.30. The van der Waals surface area contributed by atoms with Crippen LogP contribution < -0.4 is 5.32 Å². The zero-order chi connectivity index (χ0) is 13.8. The van der Waals surface area contributed by atoms with Gasteiger partial charge in [-0.2, -0.15) is 0 Å². The molecule has 2 aliphatic rings. The predicted molar refractivity (Wildman–Crippen MR) is 79.9 cm³/mol. The van der Waals surface area contributed by atoms with Gasteiger partial charge in [0.25, 0.3) is 0 Å². The summed E-state index contributed by atoms with van der Waals surface area (Å²) < 4.78 is 11.8. The van der Waals surface area contributed by atoms with Crippen LogP contribution >= 0.6 is 0 Å². The molecule has 1 N–H and O–H groups in total. The van der Waals surface area contributed by atoms with Crippen LogP contribution in [0, 0.1) is 0 Å². The van der Waals surface area contributed by atoms with Crippen molar-refractivity contribution in [2.45, 2.75) is 50.4 Å². The fourth-order valence-corrected chi connectivity index (χ4v) is 3.41. The number of nitrogens with one attached hydrogen (secondary N) is 1. The highest BCUT2D eigenvalue weighted by Crippen LogP contribution is 2.31. The Balaban J connectivity index is 1.64. The summed E-state index contributed by atoms with van der Waals surface area (Å²) in [5, 5.41) is 3.45. The lowest BCUT2D eigenvalue weighted by molar-refractivity contribution is 0.0228. The molecule has 0 radical (unpaired) electrons. The van der Waals surface area contributed by atoms with Gasteiger partial charge >= 0.3 is 0 Å². The van der Waals surface area contributed by atoms with Crippen molar-refractivity contribution in [1.82, 2.24) is 5.32 Å². The first-order chi connectivity index (χ1) is 9.86. The minimum atomic E-state index is 0.235. The van der Waals surface area contributed by atoms with E-state index in [0.717, 1.165) is 32.5 Å². The number of benzene rings is 1. The molecule has 0 spiro atoms. The Bertz CT molecular complexity index is 429. The zero-order valence-corrected chi connectivity index (χ0v) is 12.3. The van der Waals surface area contributed by atoms with Gasteiger partial charge < -0.3 is 14.8 Å². The van der Waals surface area contributed by atoms with Crippen molar-refractivity contribution in [3.8, 4) is 0 Å². The third-order valence-electron chi connectivity index (χ3n) is 4.57. The van der Waals surface area contributed by atoms with Gasteiger partial charge in [0, 0.05) is 12.6 Å². The lowest BCUT2D eigenvalue weighted by atomic mass is 9.92. The number of rotatable bonds is 5. The first kappa shape index (κ1) is 14.1. The van der Waals surface area contributed by atoms with Crippen LogP contribution in [0.2, 0.25) is 0 Å². The molecule has 3 nitrogen and oxygen atoms in total. The van der Waals surface area contributed by atoms with Crippen LogP contribution in [0.25, 0.3) is 0 Å². The molecule has 1 aromatic carbocycles. The minimum absolute atomic E-state index is 0.235. The van der Waals surface area contributed by atoms with Crippen LogP contribution in [-0.2, 0) is 15.9 Å². The Morgan fingerprint density at radius 1 is 1.20 bits per heavy atom. The highest BCUT2D eigenvalue weighted by atomic mass is 16.5. The quantitative estimate of drug-likeness (QED) is 0.896. The summed E-state index contributed by atoms with van der Waals surface area (Å²) >= 11 is 0. The lowest BCUT2D eigenvalue weighted by Crippen LogP contribution is -2.33. The van der Waals surface area contributed by atoms with Gasteiger partial charge in [-0.25, -0.2) is 0 Å². The Kier molecular flexibility index (Phi) is 4.71. The van der Waals surface area contributed by atoms with Crippen LogP contribution in [0.15, 0.2) is 24.3 Å². The average Bonchev–Trinajstić information content (AvgIpc) is 3.00. The van der Waals surface area contributed by atoms with Gasteiger partial charge in [0.05, 0.1) is 18.8 Å². The topological polar surface area (TPSA) is 30.5 Å². The van der Waals surface area contributed by atoms with Gasteiger partial charge in [-0.05, 0) is 50.3 Å². The number of hydrogen-bond donors (Lipinski definition) is 1. The Morgan fingerprint density at radius 2 is 2.10 bits per heavy atom. The van der Waals surface area contributed by atoms with Gasteiger partial charge in [0.2, 0.25) is 0 Å². The average molecular weight is 275 g/mol. The predicted octanol–water partition coefficient (Wildman–Crippen LogP) is 2.85. The molecule has 3 unspecified atom stereocenters. The first-order valence-corrected chi connectivity index (χ1v) is 7.85. The van der Waals surface area contributed by atoms with Gasteiger partial charge in [-0.15, -0.1) is 0 Å². The SMILES string of the molecule is CNC(CC1CCCO1)CC1OCCc2ccccc21. The van der Waals surface area contributed by atoms with Gasteiger partial charge in [0.15, 0.2) is 0 Å². The molecule has 0 saturated carbocycles. The van der Waals surface area contributed by atoms with Crippen molar-refractivity contribution in [1.29, 1.82) is 0 Å². The molecule has 0 bridgehead atoms. The van der Waals surface area contributed by atoms with Crippen LogP contribution in [0.1, 0.15) is 42.9 Å². The van der Waals surface area contributed by atoms with E-state index in [1.165, 1.54) is 24.0 Å². The summed E-state index contributed by atoms with van der Waals surface area (Å²) in [4.78, 5) is 0. The molecule has 0 aromatic heterocycles. The third-order valence-corrected chi connectivity index (χ3v) is 4.57. The van der Waals surface area contributed by atoms with Crippen molar-refractivity contribution in [2.75, 3.05) is 20.3 Å². The normalized spacial score (nSPS) is 27.2. The highest BCUT2D eigenvalue weighted by Gasteiger charge is 2.26. The molecule has 0 amide bonds. The van der Waals surface area contributed by atoms with Gasteiger partial charge in [-0.1, -0.05) is 24.3 Å². The van der Waals surface area contributed by atoms with E-state index in [4.69, 9.17) is 9.47 Å². The molecule has 3 atom stereocenters. The van der Waals surface area contributed by atoms with Crippen LogP contribution in [0.4, 0.5) is 0 Å². The van der Waals surface area contributed by atoms with E-state index in [1.54, 1.807) is 0 Å². The largest absolute Gasteiger partial charge is 0.378 e. The zero-order valence-electron chi connectivity index (χ0n) is 12.3. The smallest absolute Gasteiger partial charge is 0.0842 e. The summed E-state index contributed by atoms with van der Waals surface area (Å²) in [6.07, 6.45) is 6.27. The summed E-state index contributed by atoms with van der Waals surface area (Å²) in [7, 11) is 2.05. The maximum Gasteiger partial charge on any atom is 0.0842 e. The fraction of sp³-hybridized carbons (Fsp3) is 0.647. The van der Waals surface area contributed by atoms with E-state index in [0.29, 0.717) is 12.1 Å². The van der Waals surface area contributed by atoms with E-state index in [2.05, 4.69) is 29.6 Å². The number of fused-ring (bicyclic) bond motifs is 1. The molecular weight excluding hydrogens is 250 g/mol. The first-order valence-electron chi connectivity index (χ1n) is 7.85. The second kappa shape index (κ2) is 6.70. The van der Waals surface area contributed by atoms with E-state index in [9.17, 15) is 0 Å². The maximum absolute atomic E-state index is 6.02. The Hall–Kier alpha value is -0.900. The molecule has 1 fully saturated rings. The van der Waals surface area contributed by atoms with E-state index >= 15 is 0 Å². The van der Waals surface area contributed by atoms with Crippen LogP contribution in [0.5, 0.6) is 0 Å². The summed E-state index contributed by atoms with van der Waals surface area (Å²) in [6.45, 7) is 1.78. The number of ether oxygens (including phenoxy) is 2. The van der Waals surface area contributed by atoms with Crippen molar-refractivity contribution < 1.29 is 9.47 Å². The van der Waals surface area contributed by atoms with Crippen LogP contribution in [0.3, 0.4) is 0 Å². The standard InChI is InChI=1S/C17H25NO2/c1-18-14(11-15-6-4-9-19-15)12-17-16-7-3-2-5-13(16)8-10-20-17/h2-3,5,7,14-15,17-18H,4,6,8-12H2,1H3. The van der Waals surface area contributed by atoms with E-state index in [-0.39, 0.29) is 6.10 Å². The van der Waals surface area contributed by atoms with Gasteiger partial charge in [-0.3, -0.25) is 0 Å². The van der Waals surface area contributed by atoms with Crippen molar-refractivity contribution in [3.05, 3.63) is 35.4 Å². The maximum atomic E-state index is 6.02. The Morgan fingerprint density at radius 3 is 2.90 bits per heavy atom. The second-order valence-corrected chi connectivity index (χ2v) is 5.90. The minimum Gasteiger partial charge on any atom is -0.378 e. The Labute approximate surface area is 121 Å². The molecule has 3 rings (SSSR count). The van der Waals surface area contributed by atoms with E-state index < -0.39 is 0 Å². The molecule has 0 aliphatic carbocycles. The molecule has 1 aromatic rings. The summed E-state index contributed by atoms with van der Waals surface area (Å²) in [5.74, 6) is 0. The highest BCUT2D eigenvalue weighted by molar-refractivity contribution is 5.31. The van der Waals surface area contributed by atoms with Crippen LogP contribution in [-0.4, -0.2) is 32.4 Å². The van der Waals surface area contributed by atoms with E-state index in [1.807, 2.05) is 7.05 Å². The number of hydrogen-bond acceptors (Lipinski definition) is 3. The molecular formula is C17H25NO2. The summed E-state index contributed by atoms with van der Waals surface area (Å²) in [5.41, 5.74) is 2.84. The molecule has 110 valence electrons. The second-order valence-electron chi connectivity index (χ2n) is 5.90. The molecule has 20 heavy (non-hydrogen) atoms. The molecule has 1 saturated heterocycles.